The van der Waals surface area contributed by atoms with E-state index in [0.717, 1.165) is 4.47 Å². The Hall–Kier alpha value is -1.79. The van der Waals surface area contributed by atoms with Gasteiger partial charge in [0.2, 0.25) is 0 Å². The number of nitrogens with two attached hydrogens (primary N) is 1. The number of carboxylic acid groups (broad SMARTS) is 1. The molecular formula is C12H9BrClN3O2. The number of nitrogen functional groups attached to an aromatic ring is 1. The molecule has 19 heavy (non-hydrogen) atoms. The van der Waals surface area contributed by atoms with Gasteiger partial charge in [-0.2, -0.15) is 0 Å². The number of halogens is 2. The van der Waals surface area contributed by atoms with Crippen LogP contribution in [0.15, 0.2) is 34.9 Å². The number of aromatic carboxylic acids is 1. The van der Waals surface area contributed by atoms with Crippen molar-refractivity contribution in [3.05, 3.63) is 45.5 Å². The summed E-state index contributed by atoms with van der Waals surface area (Å²) in [5, 5.41) is 12.3. The maximum Gasteiger partial charge on any atom is 0.337 e. The van der Waals surface area contributed by atoms with Gasteiger partial charge in [-0.05, 0) is 24.3 Å². The minimum Gasteiger partial charge on any atom is -0.478 e. The molecule has 0 radical (unpaired) electrons. The maximum atomic E-state index is 10.8. The lowest BCUT2D eigenvalue weighted by atomic mass is 10.2. The van der Waals surface area contributed by atoms with Crippen LogP contribution >= 0.6 is 27.5 Å². The molecule has 0 atom stereocenters. The summed E-state index contributed by atoms with van der Waals surface area (Å²) in [6.07, 6.45) is 1.23. The largest absolute Gasteiger partial charge is 0.478 e. The van der Waals surface area contributed by atoms with Crippen molar-refractivity contribution in [3.63, 3.8) is 0 Å². The monoisotopic (exact) mass is 341 g/mol. The van der Waals surface area contributed by atoms with Crippen molar-refractivity contribution in [1.29, 1.82) is 0 Å². The first kappa shape index (κ1) is 13.6. The third-order valence-corrected chi connectivity index (χ3v) is 3.17. The number of carboxylic acids is 1. The van der Waals surface area contributed by atoms with Crippen molar-refractivity contribution in [2.75, 3.05) is 11.1 Å². The van der Waals surface area contributed by atoms with Crippen LogP contribution in [0, 0.1) is 0 Å². The number of benzene rings is 1. The number of hydrogen-bond donors (Lipinski definition) is 3. The zero-order valence-electron chi connectivity index (χ0n) is 9.52. The summed E-state index contributed by atoms with van der Waals surface area (Å²) in [5.74, 6) is -0.726. The predicted octanol–water partition coefficient (Wildman–Crippen LogP) is 3.52. The Morgan fingerprint density at radius 3 is 2.79 bits per heavy atom. The van der Waals surface area contributed by atoms with E-state index in [2.05, 4.69) is 26.2 Å². The fourth-order valence-corrected chi connectivity index (χ4v) is 1.95. The summed E-state index contributed by atoms with van der Waals surface area (Å²) in [6.45, 7) is 0. The second-order valence-electron chi connectivity index (χ2n) is 3.72. The van der Waals surface area contributed by atoms with Gasteiger partial charge in [0.05, 0.1) is 22.0 Å². The Kier molecular flexibility index (Phi) is 3.92. The molecule has 7 heteroatoms. The average Bonchev–Trinajstić information content (AvgIpc) is 2.36. The molecule has 0 aliphatic heterocycles. The summed E-state index contributed by atoms with van der Waals surface area (Å²) in [5.41, 5.74) is 6.64. The van der Waals surface area contributed by atoms with Gasteiger partial charge in [-0.25, -0.2) is 9.78 Å². The highest BCUT2D eigenvalue weighted by molar-refractivity contribution is 9.10. The van der Waals surface area contributed by atoms with E-state index < -0.39 is 5.97 Å². The highest BCUT2D eigenvalue weighted by Gasteiger charge is 2.09. The van der Waals surface area contributed by atoms with E-state index in [0.29, 0.717) is 16.5 Å². The minimum absolute atomic E-state index is 0.0309. The molecule has 0 saturated carbocycles. The van der Waals surface area contributed by atoms with Gasteiger partial charge in [-0.15, -0.1) is 0 Å². The Bertz CT molecular complexity index is 649. The van der Waals surface area contributed by atoms with Gasteiger partial charge in [0.15, 0.2) is 5.82 Å². The molecule has 0 unspecified atom stereocenters. The smallest absolute Gasteiger partial charge is 0.337 e. The minimum atomic E-state index is -1.08. The average molecular weight is 343 g/mol. The number of hydrogen-bond acceptors (Lipinski definition) is 4. The molecule has 0 spiro atoms. The third kappa shape index (κ3) is 3.15. The normalized spacial score (nSPS) is 10.2. The quantitative estimate of drug-likeness (QED) is 0.794. The van der Waals surface area contributed by atoms with Gasteiger partial charge in [-0.1, -0.05) is 27.5 Å². The van der Waals surface area contributed by atoms with Crippen molar-refractivity contribution in [2.45, 2.75) is 0 Å². The molecule has 5 nitrogen and oxygen atoms in total. The molecule has 2 rings (SSSR count). The predicted molar refractivity (Wildman–Crippen MR) is 78.0 cm³/mol. The zero-order valence-corrected chi connectivity index (χ0v) is 11.9. The fourth-order valence-electron chi connectivity index (χ4n) is 1.42. The van der Waals surface area contributed by atoms with E-state index in [1.807, 2.05) is 0 Å². The van der Waals surface area contributed by atoms with Crippen LogP contribution in [0.25, 0.3) is 0 Å². The number of nitrogens with zero attached hydrogens (tertiary/aromatic N) is 1. The lowest BCUT2D eigenvalue weighted by molar-refractivity contribution is 0.0696. The number of carbonyl (C=O) groups is 1. The Labute approximate surface area is 122 Å². The number of anilines is 3. The van der Waals surface area contributed by atoms with E-state index in [-0.39, 0.29) is 11.3 Å². The summed E-state index contributed by atoms with van der Waals surface area (Å²) >= 11 is 9.36. The molecule has 0 fully saturated rings. The highest BCUT2D eigenvalue weighted by atomic mass is 79.9. The molecule has 1 aromatic carbocycles. The van der Waals surface area contributed by atoms with Crippen molar-refractivity contribution < 1.29 is 9.90 Å². The Balaban J connectivity index is 2.33. The van der Waals surface area contributed by atoms with E-state index in [4.69, 9.17) is 22.4 Å². The highest BCUT2D eigenvalue weighted by Crippen LogP contribution is 2.29. The van der Waals surface area contributed by atoms with Crippen LogP contribution in [0.3, 0.4) is 0 Å². The first-order valence-electron chi connectivity index (χ1n) is 5.18. The number of pyridine rings is 1. The van der Waals surface area contributed by atoms with E-state index in [9.17, 15) is 4.79 Å². The van der Waals surface area contributed by atoms with Crippen molar-refractivity contribution in [3.8, 4) is 0 Å². The first-order chi connectivity index (χ1) is 8.97. The van der Waals surface area contributed by atoms with E-state index in [1.54, 1.807) is 18.2 Å². The van der Waals surface area contributed by atoms with E-state index >= 15 is 0 Å². The summed E-state index contributed by atoms with van der Waals surface area (Å²) in [6, 6.07) is 6.63. The van der Waals surface area contributed by atoms with Crippen LogP contribution < -0.4 is 11.1 Å². The summed E-state index contributed by atoms with van der Waals surface area (Å²) in [4.78, 5) is 14.8. The van der Waals surface area contributed by atoms with Gasteiger partial charge < -0.3 is 16.2 Å². The first-order valence-corrected chi connectivity index (χ1v) is 6.35. The topological polar surface area (TPSA) is 88.2 Å². The second kappa shape index (κ2) is 5.46. The summed E-state index contributed by atoms with van der Waals surface area (Å²) in [7, 11) is 0. The zero-order chi connectivity index (χ0) is 14.0. The van der Waals surface area contributed by atoms with E-state index in [1.165, 1.54) is 12.3 Å². The van der Waals surface area contributed by atoms with Crippen molar-refractivity contribution in [1.82, 2.24) is 4.98 Å². The fraction of sp³-hybridized carbons (Fsp3) is 0. The van der Waals surface area contributed by atoms with Gasteiger partial charge in [0.25, 0.3) is 0 Å². The number of rotatable bonds is 3. The second-order valence-corrected chi connectivity index (χ2v) is 5.04. The van der Waals surface area contributed by atoms with Crippen LogP contribution in [0.1, 0.15) is 10.4 Å². The standard InChI is InChI=1S/C12H9BrClN3O2/c13-7-1-2-8(14)10(4-7)17-11-9(15)3-6(5-16-11)12(18)19/h1-5H,15H2,(H,16,17)(H,18,19). The van der Waals surface area contributed by atoms with Crippen LogP contribution in [0.5, 0.6) is 0 Å². The number of aromatic nitrogens is 1. The lowest BCUT2D eigenvalue weighted by Gasteiger charge is -2.10. The van der Waals surface area contributed by atoms with Crippen molar-refractivity contribution >= 4 is 50.7 Å². The molecule has 0 aliphatic rings. The molecule has 0 bridgehead atoms. The van der Waals surface area contributed by atoms with Crippen LogP contribution in [-0.4, -0.2) is 16.1 Å². The molecule has 4 N–H and O–H groups in total. The third-order valence-electron chi connectivity index (χ3n) is 2.35. The van der Waals surface area contributed by atoms with Gasteiger partial charge in [0.1, 0.15) is 0 Å². The molecule has 2 aromatic rings. The maximum absolute atomic E-state index is 10.8. The SMILES string of the molecule is Nc1cc(C(=O)O)cnc1Nc1cc(Br)ccc1Cl. The Morgan fingerprint density at radius 1 is 1.42 bits per heavy atom. The van der Waals surface area contributed by atoms with Crippen LogP contribution in [0.2, 0.25) is 5.02 Å². The molecule has 0 saturated heterocycles. The summed E-state index contributed by atoms with van der Waals surface area (Å²) < 4.78 is 0.847. The molecule has 0 aliphatic carbocycles. The van der Waals surface area contributed by atoms with Crippen molar-refractivity contribution in [2.24, 2.45) is 0 Å². The molecule has 98 valence electrons. The van der Waals surface area contributed by atoms with Gasteiger partial charge in [-0.3, -0.25) is 0 Å². The van der Waals surface area contributed by atoms with Gasteiger partial charge >= 0.3 is 5.97 Å². The lowest BCUT2D eigenvalue weighted by Crippen LogP contribution is -2.04. The van der Waals surface area contributed by atoms with Crippen LogP contribution in [-0.2, 0) is 0 Å². The number of nitrogens with one attached hydrogen (secondary N) is 1. The molecule has 1 heterocycles. The molecular weight excluding hydrogens is 334 g/mol. The van der Waals surface area contributed by atoms with Gasteiger partial charge in [0, 0.05) is 10.7 Å². The Morgan fingerprint density at radius 2 is 2.16 bits per heavy atom. The molecule has 0 amide bonds. The van der Waals surface area contributed by atoms with Crippen LogP contribution in [0.4, 0.5) is 17.2 Å². The molecule has 1 aromatic heterocycles.